The molecule has 0 bridgehead atoms. The van der Waals surface area contributed by atoms with E-state index in [9.17, 15) is 15.2 Å². The van der Waals surface area contributed by atoms with E-state index >= 15 is 0 Å². The van der Waals surface area contributed by atoms with E-state index in [1.54, 1.807) is 0 Å². The molecule has 0 radical (unpaired) electrons. The molecule has 0 saturated carbocycles. The van der Waals surface area contributed by atoms with Crippen LogP contribution in [0, 0.1) is 10.1 Å². The van der Waals surface area contributed by atoms with Crippen LogP contribution in [0.4, 0.5) is 11.4 Å². The summed E-state index contributed by atoms with van der Waals surface area (Å²) in [7, 11) is 0. The highest BCUT2D eigenvalue weighted by Gasteiger charge is 2.09. The Morgan fingerprint density at radius 2 is 2.00 bits per heavy atom. The summed E-state index contributed by atoms with van der Waals surface area (Å²) in [4.78, 5) is 14.3. The minimum atomic E-state index is -0.499. The first kappa shape index (κ1) is 15.8. The van der Waals surface area contributed by atoms with Crippen molar-refractivity contribution in [1.82, 2.24) is 0 Å². The van der Waals surface area contributed by atoms with Crippen molar-refractivity contribution in [3.05, 3.63) is 60.5 Å². The van der Waals surface area contributed by atoms with Crippen LogP contribution >= 0.6 is 39.1 Å². The van der Waals surface area contributed by atoms with E-state index in [0.717, 1.165) is 0 Å². The minimum Gasteiger partial charge on any atom is -0.506 e. The Labute approximate surface area is 138 Å². The molecule has 0 aliphatic rings. The standard InChI is InChI=1S/C13H7BrCl2N2O3/c14-10-5-9(18(20)21)1-2-12(10)17-6-7-3-8(15)4-11(16)13(7)19/h1-6,19H. The second-order valence-electron chi connectivity index (χ2n) is 3.98. The Bertz CT molecular complexity index is 750. The molecule has 0 amide bonds. The van der Waals surface area contributed by atoms with Gasteiger partial charge in [0.25, 0.3) is 5.69 Å². The van der Waals surface area contributed by atoms with Crippen molar-refractivity contribution in [2.24, 2.45) is 4.99 Å². The molecule has 0 aromatic heterocycles. The van der Waals surface area contributed by atoms with Crippen LogP contribution in [0.1, 0.15) is 5.56 Å². The lowest BCUT2D eigenvalue weighted by Gasteiger charge is -2.03. The maximum atomic E-state index is 10.6. The molecule has 21 heavy (non-hydrogen) atoms. The van der Waals surface area contributed by atoms with Crippen LogP contribution < -0.4 is 0 Å². The first-order chi connectivity index (χ1) is 9.88. The van der Waals surface area contributed by atoms with Crippen molar-refractivity contribution >= 4 is 56.7 Å². The fraction of sp³-hybridized carbons (Fsp3) is 0. The van der Waals surface area contributed by atoms with Gasteiger partial charge in [0.1, 0.15) is 5.75 Å². The van der Waals surface area contributed by atoms with E-state index in [4.69, 9.17) is 23.2 Å². The van der Waals surface area contributed by atoms with Gasteiger partial charge in [0.2, 0.25) is 0 Å². The number of non-ortho nitro benzene ring substituents is 1. The van der Waals surface area contributed by atoms with E-state index in [0.29, 0.717) is 20.7 Å². The van der Waals surface area contributed by atoms with Gasteiger partial charge in [0, 0.05) is 33.4 Å². The molecule has 8 heteroatoms. The van der Waals surface area contributed by atoms with Crippen molar-refractivity contribution in [3.8, 4) is 5.75 Å². The van der Waals surface area contributed by atoms with Crippen LogP contribution in [0.3, 0.4) is 0 Å². The predicted octanol–water partition coefficient (Wildman–Crippen LogP) is 5.12. The number of benzene rings is 2. The van der Waals surface area contributed by atoms with Gasteiger partial charge in [-0.1, -0.05) is 23.2 Å². The molecule has 1 N–H and O–H groups in total. The van der Waals surface area contributed by atoms with Gasteiger partial charge in [-0.25, -0.2) is 0 Å². The van der Waals surface area contributed by atoms with Crippen LogP contribution in [0.5, 0.6) is 5.75 Å². The molecular weight excluding hydrogens is 383 g/mol. The van der Waals surface area contributed by atoms with Crippen LogP contribution in [-0.4, -0.2) is 16.2 Å². The molecule has 0 fully saturated rings. The number of aromatic hydroxyl groups is 1. The van der Waals surface area contributed by atoms with Crippen molar-refractivity contribution in [1.29, 1.82) is 0 Å². The van der Waals surface area contributed by atoms with Gasteiger partial charge in [-0.3, -0.25) is 15.1 Å². The number of hydrogen-bond donors (Lipinski definition) is 1. The van der Waals surface area contributed by atoms with E-state index in [-0.39, 0.29) is 16.5 Å². The monoisotopic (exact) mass is 388 g/mol. The normalized spacial score (nSPS) is 11.0. The van der Waals surface area contributed by atoms with Crippen molar-refractivity contribution in [2.45, 2.75) is 0 Å². The summed E-state index contributed by atoms with van der Waals surface area (Å²) in [5.41, 5.74) is 0.767. The predicted molar refractivity (Wildman–Crippen MR) is 86.2 cm³/mol. The van der Waals surface area contributed by atoms with Crippen molar-refractivity contribution in [2.75, 3.05) is 0 Å². The highest BCUT2D eigenvalue weighted by atomic mass is 79.9. The third kappa shape index (κ3) is 3.72. The molecule has 2 aromatic rings. The number of nitro groups is 1. The molecule has 0 heterocycles. The molecule has 2 rings (SSSR count). The third-order valence-electron chi connectivity index (χ3n) is 2.54. The van der Waals surface area contributed by atoms with Gasteiger partial charge in [-0.2, -0.15) is 0 Å². The fourth-order valence-electron chi connectivity index (χ4n) is 1.54. The van der Waals surface area contributed by atoms with E-state index in [1.165, 1.54) is 36.5 Å². The summed E-state index contributed by atoms with van der Waals surface area (Å²) in [5, 5.41) is 20.9. The molecule has 0 atom stereocenters. The number of hydrogen-bond acceptors (Lipinski definition) is 4. The second kappa shape index (κ2) is 6.43. The molecule has 0 aliphatic carbocycles. The molecule has 2 aromatic carbocycles. The lowest BCUT2D eigenvalue weighted by Crippen LogP contribution is -1.87. The van der Waals surface area contributed by atoms with Gasteiger partial charge >= 0.3 is 0 Å². The molecule has 108 valence electrons. The lowest BCUT2D eigenvalue weighted by atomic mass is 10.2. The Morgan fingerprint density at radius 3 is 2.62 bits per heavy atom. The highest BCUT2D eigenvalue weighted by molar-refractivity contribution is 9.10. The summed E-state index contributed by atoms with van der Waals surface area (Å²) < 4.78 is 0.459. The molecule has 0 saturated heterocycles. The van der Waals surface area contributed by atoms with Crippen LogP contribution in [0.2, 0.25) is 10.0 Å². The van der Waals surface area contributed by atoms with Gasteiger partial charge in [-0.15, -0.1) is 0 Å². The average Bonchev–Trinajstić information content (AvgIpc) is 2.42. The number of halogens is 3. The average molecular weight is 390 g/mol. The van der Waals surface area contributed by atoms with Gasteiger partial charge < -0.3 is 5.11 Å². The first-order valence-electron chi connectivity index (χ1n) is 5.54. The number of phenols is 1. The van der Waals surface area contributed by atoms with Crippen LogP contribution in [-0.2, 0) is 0 Å². The molecular formula is C13H7BrCl2N2O3. The summed E-state index contributed by atoms with van der Waals surface area (Å²) in [6.07, 6.45) is 1.37. The smallest absolute Gasteiger partial charge is 0.270 e. The zero-order chi connectivity index (χ0) is 15.6. The third-order valence-corrected chi connectivity index (χ3v) is 3.68. The Kier molecular flexibility index (Phi) is 4.82. The summed E-state index contributed by atoms with van der Waals surface area (Å²) >= 11 is 14.9. The lowest BCUT2D eigenvalue weighted by molar-refractivity contribution is -0.384. The van der Waals surface area contributed by atoms with Crippen LogP contribution in [0.15, 0.2) is 39.8 Å². The number of nitro benzene ring substituents is 1. The zero-order valence-corrected chi connectivity index (χ0v) is 13.4. The first-order valence-corrected chi connectivity index (χ1v) is 7.09. The second-order valence-corrected chi connectivity index (χ2v) is 5.67. The summed E-state index contributed by atoms with van der Waals surface area (Å²) in [5.74, 6) is -0.136. The highest BCUT2D eigenvalue weighted by Crippen LogP contribution is 2.32. The largest absolute Gasteiger partial charge is 0.506 e. The molecule has 0 unspecified atom stereocenters. The van der Waals surface area contributed by atoms with Crippen LogP contribution in [0.25, 0.3) is 0 Å². The summed E-state index contributed by atoms with van der Waals surface area (Å²) in [6, 6.07) is 7.09. The zero-order valence-electron chi connectivity index (χ0n) is 10.3. The number of aliphatic imine (C=N–C) groups is 1. The maximum Gasteiger partial charge on any atom is 0.270 e. The minimum absolute atomic E-state index is 0.0468. The summed E-state index contributed by atoms with van der Waals surface area (Å²) in [6.45, 7) is 0. The van der Waals surface area contributed by atoms with Gasteiger partial charge in [0.15, 0.2) is 0 Å². The Morgan fingerprint density at radius 1 is 1.29 bits per heavy atom. The quantitative estimate of drug-likeness (QED) is 0.449. The SMILES string of the molecule is O=[N+]([O-])c1ccc(N=Cc2cc(Cl)cc(Cl)c2O)c(Br)c1. The van der Waals surface area contributed by atoms with E-state index in [1.807, 2.05) is 0 Å². The van der Waals surface area contributed by atoms with Crippen molar-refractivity contribution < 1.29 is 10.0 Å². The number of rotatable bonds is 3. The topological polar surface area (TPSA) is 75.7 Å². The molecule has 0 aliphatic heterocycles. The maximum absolute atomic E-state index is 10.6. The molecule has 0 spiro atoms. The van der Waals surface area contributed by atoms with E-state index in [2.05, 4.69) is 20.9 Å². The van der Waals surface area contributed by atoms with Gasteiger partial charge in [0.05, 0.1) is 15.6 Å². The Balaban J connectivity index is 2.36. The number of nitrogens with zero attached hydrogens (tertiary/aromatic N) is 2. The molecule has 5 nitrogen and oxygen atoms in total. The van der Waals surface area contributed by atoms with Crippen molar-refractivity contribution in [3.63, 3.8) is 0 Å². The fourth-order valence-corrected chi connectivity index (χ4v) is 2.52. The van der Waals surface area contributed by atoms with Gasteiger partial charge in [-0.05, 0) is 34.1 Å². The number of phenolic OH excluding ortho intramolecular Hbond substituents is 1. The Hall–Kier alpha value is -1.63. The van der Waals surface area contributed by atoms with E-state index < -0.39 is 4.92 Å².